The van der Waals surface area contributed by atoms with Gasteiger partial charge in [0.1, 0.15) is 0 Å². The Morgan fingerprint density at radius 2 is 1.88 bits per heavy atom. The fraction of sp³-hybridized carbons (Fsp3) is 1.00. The molecule has 0 aromatic heterocycles. The molecular weight excluding hydrogens is 196 g/mol. The molecule has 0 aromatic carbocycles. The molecule has 0 saturated heterocycles. The summed E-state index contributed by atoms with van der Waals surface area (Å²) in [6.45, 7) is 10.5. The summed E-state index contributed by atoms with van der Waals surface area (Å²) in [6, 6.07) is 0. The van der Waals surface area contributed by atoms with Gasteiger partial charge in [0.15, 0.2) is 0 Å². The third-order valence-electron chi connectivity index (χ3n) is 5.23. The van der Waals surface area contributed by atoms with E-state index in [0.717, 1.165) is 12.5 Å². The molecule has 3 unspecified atom stereocenters. The van der Waals surface area contributed by atoms with Crippen LogP contribution in [0.1, 0.15) is 66.2 Å². The highest BCUT2D eigenvalue weighted by atomic mass is 16.5. The quantitative estimate of drug-likeness (QED) is 0.675. The standard InChI is InChI=1S/C15H28O/c1-5-16-12-7-8-13-14(2,3)9-6-10-15(13,4)11-12/h12-13H,5-11H2,1-4H3. The number of hydrogen-bond acceptors (Lipinski definition) is 1. The van der Waals surface area contributed by atoms with E-state index in [0.29, 0.717) is 16.9 Å². The van der Waals surface area contributed by atoms with Gasteiger partial charge >= 0.3 is 0 Å². The van der Waals surface area contributed by atoms with Crippen molar-refractivity contribution in [2.24, 2.45) is 16.7 Å². The van der Waals surface area contributed by atoms with Gasteiger partial charge in [0.2, 0.25) is 0 Å². The van der Waals surface area contributed by atoms with Crippen molar-refractivity contribution < 1.29 is 4.74 Å². The lowest BCUT2D eigenvalue weighted by Gasteiger charge is -2.55. The van der Waals surface area contributed by atoms with Gasteiger partial charge in [-0.1, -0.05) is 27.2 Å². The summed E-state index contributed by atoms with van der Waals surface area (Å²) in [6.07, 6.45) is 8.77. The lowest BCUT2D eigenvalue weighted by Crippen LogP contribution is -2.47. The van der Waals surface area contributed by atoms with E-state index in [1.165, 1.54) is 38.5 Å². The summed E-state index contributed by atoms with van der Waals surface area (Å²) < 4.78 is 5.87. The van der Waals surface area contributed by atoms with Gasteiger partial charge < -0.3 is 4.74 Å². The van der Waals surface area contributed by atoms with E-state index in [1.807, 2.05) is 0 Å². The Labute approximate surface area is 101 Å². The molecule has 0 radical (unpaired) electrons. The minimum Gasteiger partial charge on any atom is -0.378 e. The maximum absolute atomic E-state index is 5.87. The van der Waals surface area contributed by atoms with Gasteiger partial charge in [-0.05, 0) is 55.8 Å². The van der Waals surface area contributed by atoms with Crippen LogP contribution in [0.4, 0.5) is 0 Å². The van der Waals surface area contributed by atoms with Crippen molar-refractivity contribution in [3.8, 4) is 0 Å². The van der Waals surface area contributed by atoms with Crippen molar-refractivity contribution in [2.75, 3.05) is 6.61 Å². The van der Waals surface area contributed by atoms with Crippen LogP contribution in [-0.4, -0.2) is 12.7 Å². The largest absolute Gasteiger partial charge is 0.378 e. The smallest absolute Gasteiger partial charge is 0.0580 e. The van der Waals surface area contributed by atoms with Crippen molar-refractivity contribution >= 4 is 0 Å². The van der Waals surface area contributed by atoms with Crippen LogP contribution < -0.4 is 0 Å². The van der Waals surface area contributed by atoms with Crippen LogP contribution in [0.3, 0.4) is 0 Å². The Bertz CT molecular complexity index is 246. The molecule has 2 saturated carbocycles. The van der Waals surface area contributed by atoms with E-state index in [-0.39, 0.29) is 0 Å². The van der Waals surface area contributed by atoms with Crippen LogP contribution in [0.15, 0.2) is 0 Å². The first-order valence-electron chi connectivity index (χ1n) is 7.09. The fourth-order valence-corrected chi connectivity index (χ4v) is 4.58. The second-order valence-electron chi connectivity index (χ2n) is 6.91. The number of fused-ring (bicyclic) bond motifs is 1. The lowest BCUT2D eigenvalue weighted by molar-refractivity contribution is -0.0921. The highest BCUT2D eigenvalue weighted by molar-refractivity contribution is 4.99. The van der Waals surface area contributed by atoms with Crippen LogP contribution in [0, 0.1) is 16.7 Å². The average Bonchev–Trinajstić information content (AvgIpc) is 2.16. The number of hydrogen-bond donors (Lipinski definition) is 0. The molecular formula is C15H28O. The minimum absolute atomic E-state index is 0.542. The Morgan fingerprint density at radius 3 is 2.56 bits per heavy atom. The molecule has 2 rings (SSSR count). The molecule has 1 heteroatoms. The second kappa shape index (κ2) is 4.33. The van der Waals surface area contributed by atoms with E-state index in [1.54, 1.807) is 0 Å². The normalized spacial score (nSPS) is 42.8. The van der Waals surface area contributed by atoms with Crippen LogP contribution >= 0.6 is 0 Å². The predicted molar refractivity (Wildman–Crippen MR) is 68.5 cm³/mol. The zero-order valence-electron chi connectivity index (χ0n) is 11.5. The summed E-state index contributed by atoms with van der Waals surface area (Å²) in [7, 11) is 0. The van der Waals surface area contributed by atoms with E-state index in [9.17, 15) is 0 Å². The Morgan fingerprint density at radius 1 is 1.12 bits per heavy atom. The van der Waals surface area contributed by atoms with Crippen LogP contribution in [0.25, 0.3) is 0 Å². The van der Waals surface area contributed by atoms with Crippen LogP contribution in [0.5, 0.6) is 0 Å². The molecule has 0 aliphatic heterocycles. The van der Waals surface area contributed by atoms with Gasteiger partial charge in [0.25, 0.3) is 0 Å². The summed E-state index contributed by atoms with van der Waals surface area (Å²) >= 11 is 0. The summed E-state index contributed by atoms with van der Waals surface area (Å²) in [4.78, 5) is 0. The molecule has 16 heavy (non-hydrogen) atoms. The zero-order valence-corrected chi connectivity index (χ0v) is 11.5. The van der Waals surface area contributed by atoms with Crippen molar-refractivity contribution in [2.45, 2.75) is 72.3 Å². The van der Waals surface area contributed by atoms with E-state index in [2.05, 4.69) is 27.7 Å². The van der Waals surface area contributed by atoms with Gasteiger partial charge in [-0.2, -0.15) is 0 Å². The summed E-state index contributed by atoms with van der Waals surface area (Å²) in [5, 5.41) is 0. The number of rotatable bonds is 2. The first kappa shape index (κ1) is 12.4. The van der Waals surface area contributed by atoms with Crippen molar-refractivity contribution in [3.05, 3.63) is 0 Å². The van der Waals surface area contributed by atoms with E-state index < -0.39 is 0 Å². The Balaban J connectivity index is 2.10. The first-order chi connectivity index (χ1) is 7.48. The fourth-order valence-electron chi connectivity index (χ4n) is 4.58. The monoisotopic (exact) mass is 224 g/mol. The highest BCUT2D eigenvalue weighted by Gasteiger charge is 2.49. The second-order valence-corrected chi connectivity index (χ2v) is 6.91. The average molecular weight is 224 g/mol. The predicted octanol–water partition coefficient (Wildman–Crippen LogP) is 4.41. The molecule has 94 valence electrons. The SMILES string of the molecule is CCOC1CCC2C(C)(C)CCCC2(C)C1. The molecule has 0 N–H and O–H groups in total. The summed E-state index contributed by atoms with van der Waals surface area (Å²) in [5.41, 5.74) is 1.12. The summed E-state index contributed by atoms with van der Waals surface area (Å²) in [5.74, 6) is 0.922. The van der Waals surface area contributed by atoms with Crippen molar-refractivity contribution in [3.63, 3.8) is 0 Å². The first-order valence-corrected chi connectivity index (χ1v) is 7.09. The Hall–Kier alpha value is -0.0400. The van der Waals surface area contributed by atoms with E-state index >= 15 is 0 Å². The van der Waals surface area contributed by atoms with Crippen molar-refractivity contribution in [1.82, 2.24) is 0 Å². The topological polar surface area (TPSA) is 9.23 Å². The molecule has 1 nitrogen and oxygen atoms in total. The van der Waals surface area contributed by atoms with Gasteiger partial charge in [0.05, 0.1) is 6.10 Å². The van der Waals surface area contributed by atoms with Crippen LogP contribution in [0.2, 0.25) is 0 Å². The molecule has 3 atom stereocenters. The molecule has 2 aliphatic carbocycles. The highest BCUT2D eigenvalue weighted by Crippen LogP contribution is 2.57. The van der Waals surface area contributed by atoms with Crippen molar-refractivity contribution in [1.29, 1.82) is 0 Å². The lowest BCUT2D eigenvalue weighted by atomic mass is 9.51. The third-order valence-corrected chi connectivity index (χ3v) is 5.23. The molecule has 2 aliphatic rings. The molecule has 0 bridgehead atoms. The van der Waals surface area contributed by atoms with Gasteiger partial charge in [-0.3, -0.25) is 0 Å². The maximum Gasteiger partial charge on any atom is 0.0580 e. The zero-order chi connectivity index (χ0) is 11.8. The van der Waals surface area contributed by atoms with E-state index in [4.69, 9.17) is 4.74 Å². The van der Waals surface area contributed by atoms with Crippen LogP contribution in [-0.2, 0) is 4.74 Å². The molecule has 0 heterocycles. The minimum atomic E-state index is 0.542. The van der Waals surface area contributed by atoms with Gasteiger partial charge in [0, 0.05) is 6.61 Å². The third kappa shape index (κ3) is 2.16. The molecule has 0 amide bonds. The number of ether oxygens (including phenoxy) is 1. The van der Waals surface area contributed by atoms with Gasteiger partial charge in [-0.25, -0.2) is 0 Å². The molecule has 0 aromatic rings. The maximum atomic E-state index is 5.87. The molecule has 0 spiro atoms. The molecule has 2 fully saturated rings. The Kier molecular flexibility index (Phi) is 3.36. The van der Waals surface area contributed by atoms with Gasteiger partial charge in [-0.15, -0.1) is 0 Å².